The van der Waals surface area contributed by atoms with Crippen LogP contribution < -0.4 is 10.9 Å². The van der Waals surface area contributed by atoms with Gasteiger partial charge in [0.05, 0.1) is 11.6 Å². The zero-order valence-electron chi connectivity index (χ0n) is 15.8. The number of aryl methyl sites for hydroxylation is 1. The minimum Gasteiger partial charge on any atom is -0.388 e. The molecule has 0 saturated carbocycles. The molecule has 2 heterocycles. The monoisotopic (exact) mass is 370 g/mol. The minimum absolute atomic E-state index is 0.199. The van der Waals surface area contributed by atoms with Gasteiger partial charge in [-0.3, -0.25) is 9.36 Å². The zero-order chi connectivity index (χ0) is 19.8. The Morgan fingerprint density at radius 1 is 1.30 bits per heavy atom. The zero-order valence-corrected chi connectivity index (χ0v) is 15.8. The maximum atomic E-state index is 13.9. The molecule has 0 amide bonds. The van der Waals surface area contributed by atoms with Crippen LogP contribution in [-0.2, 0) is 13.5 Å². The van der Waals surface area contributed by atoms with Crippen molar-refractivity contribution in [3.8, 4) is 0 Å². The highest BCUT2D eigenvalue weighted by atomic mass is 19.1. The summed E-state index contributed by atoms with van der Waals surface area (Å²) < 4.78 is 15.4. The maximum Gasteiger partial charge on any atom is 0.255 e. The Labute approximate surface area is 156 Å². The van der Waals surface area contributed by atoms with Crippen LogP contribution in [0.4, 0.5) is 10.3 Å². The van der Waals surface area contributed by atoms with Crippen molar-refractivity contribution < 1.29 is 9.50 Å². The van der Waals surface area contributed by atoms with Crippen LogP contribution in [0.15, 0.2) is 41.3 Å². The van der Waals surface area contributed by atoms with E-state index in [-0.39, 0.29) is 23.8 Å². The second-order valence-corrected chi connectivity index (χ2v) is 7.29. The molecule has 142 valence electrons. The number of pyridine rings is 1. The van der Waals surface area contributed by atoms with Crippen molar-refractivity contribution >= 4 is 17.0 Å². The van der Waals surface area contributed by atoms with E-state index in [1.165, 1.54) is 10.6 Å². The molecule has 27 heavy (non-hydrogen) atoms. The van der Waals surface area contributed by atoms with Crippen LogP contribution in [0.3, 0.4) is 0 Å². The number of aromatic nitrogens is 3. The summed E-state index contributed by atoms with van der Waals surface area (Å²) in [6.45, 7) is 5.21. The van der Waals surface area contributed by atoms with Crippen molar-refractivity contribution in [2.75, 3.05) is 5.32 Å². The first kappa shape index (κ1) is 19.0. The topological polar surface area (TPSA) is 80.0 Å². The quantitative estimate of drug-likeness (QED) is 0.722. The molecule has 1 aromatic carbocycles. The molecule has 0 aliphatic carbocycles. The summed E-state index contributed by atoms with van der Waals surface area (Å²) in [7, 11) is 1.63. The lowest BCUT2D eigenvalue weighted by atomic mass is 10.0. The lowest BCUT2D eigenvalue weighted by Crippen LogP contribution is -2.39. The van der Waals surface area contributed by atoms with E-state index in [9.17, 15) is 14.3 Å². The van der Waals surface area contributed by atoms with Crippen LogP contribution in [0, 0.1) is 5.82 Å². The highest BCUT2D eigenvalue weighted by Gasteiger charge is 2.23. The summed E-state index contributed by atoms with van der Waals surface area (Å²) in [6, 6.07) is 7.83. The third kappa shape index (κ3) is 3.98. The average Bonchev–Trinajstić information content (AvgIpc) is 2.61. The van der Waals surface area contributed by atoms with E-state index in [0.717, 1.165) is 0 Å². The van der Waals surface area contributed by atoms with Gasteiger partial charge in [0.15, 0.2) is 0 Å². The van der Waals surface area contributed by atoms with Crippen LogP contribution >= 0.6 is 0 Å². The Morgan fingerprint density at radius 3 is 2.67 bits per heavy atom. The lowest BCUT2D eigenvalue weighted by Gasteiger charge is -2.26. The minimum atomic E-state index is -0.951. The van der Waals surface area contributed by atoms with Crippen molar-refractivity contribution in [3.05, 3.63) is 63.8 Å². The van der Waals surface area contributed by atoms with Crippen LogP contribution in [0.2, 0.25) is 0 Å². The number of rotatable bonds is 5. The molecule has 3 rings (SSSR count). The summed E-state index contributed by atoms with van der Waals surface area (Å²) in [5.41, 5.74) is 0.230. The standard InChI is InChI=1S/C20H23FN4O2/c1-12(20(2,3)27)23-19-22-11-15-10-14(18(26)25(4)17(15)24-19)9-13-7-5-6-8-16(13)21/h5-8,10-12,27H,9H2,1-4H3,(H,22,23,24)/t12-/m0/s1. The van der Waals surface area contributed by atoms with E-state index < -0.39 is 5.60 Å². The van der Waals surface area contributed by atoms with E-state index in [0.29, 0.717) is 28.1 Å². The highest BCUT2D eigenvalue weighted by Crippen LogP contribution is 2.18. The Bertz CT molecular complexity index is 1040. The maximum absolute atomic E-state index is 13.9. The molecule has 2 aromatic heterocycles. The molecule has 6 nitrogen and oxygen atoms in total. The largest absolute Gasteiger partial charge is 0.388 e. The highest BCUT2D eigenvalue weighted by molar-refractivity contribution is 5.76. The van der Waals surface area contributed by atoms with Gasteiger partial charge in [-0.1, -0.05) is 18.2 Å². The Balaban J connectivity index is 1.99. The molecule has 0 aliphatic rings. The van der Waals surface area contributed by atoms with E-state index in [2.05, 4.69) is 15.3 Å². The average molecular weight is 370 g/mol. The molecule has 1 atom stereocenters. The van der Waals surface area contributed by atoms with Gasteiger partial charge in [0.25, 0.3) is 5.56 Å². The third-order valence-corrected chi connectivity index (χ3v) is 4.77. The first-order valence-electron chi connectivity index (χ1n) is 8.75. The summed E-state index contributed by atoms with van der Waals surface area (Å²) in [6.07, 6.45) is 1.82. The first-order valence-corrected chi connectivity index (χ1v) is 8.75. The van der Waals surface area contributed by atoms with Crippen molar-refractivity contribution in [1.29, 1.82) is 0 Å². The number of hydrogen-bond acceptors (Lipinski definition) is 5. The van der Waals surface area contributed by atoms with Gasteiger partial charge in [-0.15, -0.1) is 0 Å². The molecule has 0 aliphatic heterocycles. The van der Waals surface area contributed by atoms with E-state index in [1.807, 2.05) is 6.92 Å². The summed E-state index contributed by atoms with van der Waals surface area (Å²) in [5.74, 6) is -0.00923. The SMILES string of the molecule is C[C@H](Nc1ncc2cc(Cc3ccccc3F)c(=O)n(C)c2n1)C(C)(C)O. The smallest absolute Gasteiger partial charge is 0.255 e. The van der Waals surface area contributed by atoms with E-state index in [1.54, 1.807) is 51.4 Å². The Morgan fingerprint density at radius 2 is 2.00 bits per heavy atom. The number of benzene rings is 1. The number of nitrogens with one attached hydrogen (secondary N) is 1. The molecule has 0 spiro atoms. The van der Waals surface area contributed by atoms with Gasteiger partial charge in [-0.2, -0.15) is 4.98 Å². The van der Waals surface area contributed by atoms with Gasteiger partial charge in [-0.05, 0) is 38.5 Å². The van der Waals surface area contributed by atoms with Crippen LogP contribution in [-0.4, -0.2) is 31.3 Å². The lowest BCUT2D eigenvalue weighted by molar-refractivity contribution is 0.0646. The van der Waals surface area contributed by atoms with Gasteiger partial charge < -0.3 is 10.4 Å². The number of nitrogens with zero attached hydrogens (tertiary/aromatic N) is 3. The van der Waals surface area contributed by atoms with E-state index in [4.69, 9.17) is 0 Å². The fourth-order valence-corrected chi connectivity index (χ4v) is 2.73. The Kier molecular flexibility index (Phi) is 4.97. The van der Waals surface area contributed by atoms with Crippen molar-refractivity contribution in [2.45, 2.75) is 38.8 Å². The first-order chi connectivity index (χ1) is 12.7. The number of halogens is 1. The van der Waals surface area contributed by atoms with Crippen LogP contribution in [0.25, 0.3) is 11.0 Å². The van der Waals surface area contributed by atoms with Crippen LogP contribution in [0.5, 0.6) is 0 Å². The molecular weight excluding hydrogens is 347 g/mol. The van der Waals surface area contributed by atoms with Gasteiger partial charge in [0, 0.05) is 30.6 Å². The van der Waals surface area contributed by atoms with Gasteiger partial charge in [0.2, 0.25) is 5.95 Å². The molecule has 0 fully saturated rings. The molecule has 0 unspecified atom stereocenters. The van der Waals surface area contributed by atoms with Crippen LogP contribution in [0.1, 0.15) is 31.9 Å². The summed E-state index contributed by atoms with van der Waals surface area (Å²) >= 11 is 0. The fourth-order valence-electron chi connectivity index (χ4n) is 2.73. The second-order valence-electron chi connectivity index (χ2n) is 7.29. The number of fused-ring (bicyclic) bond motifs is 1. The number of hydrogen-bond donors (Lipinski definition) is 2. The predicted octanol–water partition coefficient (Wildman–Crippen LogP) is 2.63. The summed E-state index contributed by atoms with van der Waals surface area (Å²) in [4.78, 5) is 21.4. The number of aliphatic hydroxyl groups is 1. The molecule has 7 heteroatoms. The molecule has 2 N–H and O–H groups in total. The Hall–Kier alpha value is -2.80. The van der Waals surface area contributed by atoms with Gasteiger partial charge in [0.1, 0.15) is 11.5 Å². The van der Waals surface area contributed by atoms with Crippen molar-refractivity contribution in [1.82, 2.24) is 14.5 Å². The van der Waals surface area contributed by atoms with Gasteiger partial charge in [-0.25, -0.2) is 9.37 Å². The molecular formula is C20H23FN4O2. The third-order valence-electron chi connectivity index (χ3n) is 4.77. The number of anilines is 1. The molecule has 0 saturated heterocycles. The summed E-state index contributed by atoms with van der Waals surface area (Å²) in [5, 5.41) is 13.8. The normalized spacial score (nSPS) is 13.0. The van der Waals surface area contributed by atoms with Crippen molar-refractivity contribution in [3.63, 3.8) is 0 Å². The molecule has 3 aromatic rings. The van der Waals surface area contributed by atoms with Gasteiger partial charge >= 0.3 is 0 Å². The van der Waals surface area contributed by atoms with E-state index >= 15 is 0 Å². The molecule has 0 radical (unpaired) electrons. The predicted molar refractivity (Wildman–Crippen MR) is 103 cm³/mol. The fraction of sp³-hybridized carbons (Fsp3) is 0.350. The molecule has 0 bridgehead atoms. The van der Waals surface area contributed by atoms with Crippen molar-refractivity contribution in [2.24, 2.45) is 7.05 Å². The second kappa shape index (κ2) is 7.08.